The summed E-state index contributed by atoms with van der Waals surface area (Å²) in [6.45, 7) is 0. The van der Waals surface area contributed by atoms with Crippen LogP contribution >= 0.6 is 0 Å². The molecule has 1 aromatic rings. The van der Waals surface area contributed by atoms with Crippen LogP contribution in [0.25, 0.3) is 6.08 Å². The molecule has 0 aliphatic heterocycles. The normalized spacial score (nSPS) is 9.92. The Morgan fingerprint density at radius 3 is 3.25 bits per heavy atom. The number of allylic oxidation sites excluding steroid dienone is 1. The Morgan fingerprint density at radius 2 is 2.58 bits per heavy atom. The summed E-state index contributed by atoms with van der Waals surface area (Å²) in [5.41, 5.74) is 1.12. The van der Waals surface area contributed by atoms with Crippen LogP contribution in [0.15, 0.2) is 12.3 Å². The number of nitrogens with zero attached hydrogens (tertiary/aromatic N) is 2. The van der Waals surface area contributed by atoms with Crippen molar-refractivity contribution in [1.29, 1.82) is 5.26 Å². The highest BCUT2D eigenvalue weighted by atomic mass is 16.1. The number of carbonyl (C=O) groups is 1. The minimum absolute atomic E-state index is 0.357. The summed E-state index contributed by atoms with van der Waals surface area (Å²) in [5, 5.41) is 14.8. The maximum Gasteiger partial charge on any atom is 0.142 e. The van der Waals surface area contributed by atoms with Crippen molar-refractivity contribution in [2.75, 3.05) is 0 Å². The van der Waals surface area contributed by atoms with E-state index in [9.17, 15) is 4.79 Å². The Balaban J connectivity index is 2.75. The molecular weight excluding hydrogens is 154 g/mol. The Hall–Kier alpha value is -1.89. The molecule has 0 aliphatic rings. The summed E-state index contributed by atoms with van der Waals surface area (Å²) in [4.78, 5) is 9.95. The molecule has 1 aromatic heterocycles. The van der Waals surface area contributed by atoms with Crippen LogP contribution in [0.1, 0.15) is 17.7 Å². The molecule has 0 spiro atoms. The van der Waals surface area contributed by atoms with Crippen molar-refractivity contribution >= 4 is 12.4 Å². The molecule has 0 atom stereocenters. The van der Waals surface area contributed by atoms with Crippen molar-refractivity contribution < 1.29 is 4.79 Å². The number of aldehydes is 1. The van der Waals surface area contributed by atoms with E-state index in [2.05, 4.69) is 10.2 Å². The van der Waals surface area contributed by atoms with E-state index in [1.54, 1.807) is 18.3 Å². The number of aromatic amines is 1. The molecule has 0 aromatic carbocycles. The average molecular weight is 161 g/mol. The first kappa shape index (κ1) is 8.21. The van der Waals surface area contributed by atoms with Crippen molar-refractivity contribution in [3.63, 3.8) is 0 Å². The van der Waals surface area contributed by atoms with E-state index < -0.39 is 0 Å². The zero-order chi connectivity index (χ0) is 8.81. The van der Waals surface area contributed by atoms with Gasteiger partial charge in [0.05, 0.1) is 6.20 Å². The predicted octanol–water partition coefficient (Wildman–Crippen LogP) is 0.884. The fraction of sp³-hybridized carbons (Fsp3) is 0.125. The molecule has 4 nitrogen and oxygen atoms in total. The van der Waals surface area contributed by atoms with Gasteiger partial charge in [-0.05, 0) is 0 Å². The highest BCUT2D eigenvalue weighted by molar-refractivity contribution is 5.59. The molecular formula is C8H7N3O. The average Bonchev–Trinajstić information content (AvgIpc) is 2.52. The number of nitrogens with one attached hydrogen (secondary N) is 1. The number of hydrogen-bond donors (Lipinski definition) is 1. The van der Waals surface area contributed by atoms with Crippen LogP contribution in [0.3, 0.4) is 0 Å². The van der Waals surface area contributed by atoms with Gasteiger partial charge in [0.15, 0.2) is 0 Å². The minimum Gasteiger partial charge on any atom is -0.303 e. The van der Waals surface area contributed by atoms with Gasteiger partial charge in [-0.25, -0.2) is 0 Å². The van der Waals surface area contributed by atoms with E-state index in [1.807, 2.05) is 6.07 Å². The van der Waals surface area contributed by atoms with Crippen LogP contribution in [-0.2, 0) is 4.79 Å². The third kappa shape index (κ3) is 1.80. The van der Waals surface area contributed by atoms with Gasteiger partial charge in [-0.1, -0.05) is 12.2 Å². The molecule has 60 valence electrons. The van der Waals surface area contributed by atoms with Gasteiger partial charge in [0.2, 0.25) is 0 Å². The number of H-pyrrole nitrogens is 1. The van der Waals surface area contributed by atoms with E-state index in [4.69, 9.17) is 5.26 Å². The Morgan fingerprint density at radius 1 is 1.75 bits per heavy atom. The van der Waals surface area contributed by atoms with Gasteiger partial charge in [0.1, 0.15) is 18.0 Å². The van der Waals surface area contributed by atoms with E-state index in [1.165, 1.54) is 0 Å². The summed E-state index contributed by atoms with van der Waals surface area (Å²) >= 11 is 0. The van der Waals surface area contributed by atoms with Crippen LogP contribution in [0.4, 0.5) is 0 Å². The maximum atomic E-state index is 9.95. The fourth-order valence-electron chi connectivity index (χ4n) is 0.762. The van der Waals surface area contributed by atoms with Crippen molar-refractivity contribution in [1.82, 2.24) is 10.2 Å². The summed E-state index contributed by atoms with van der Waals surface area (Å²) in [6, 6.07) is 1.94. The second-order valence-electron chi connectivity index (χ2n) is 2.12. The van der Waals surface area contributed by atoms with Gasteiger partial charge in [-0.15, -0.1) is 0 Å². The monoisotopic (exact) mass is 161 g/mol. The largest absolute Gasteiger partial charge is 0.303 e. The maximum absolute atomic E-state index is 9.95. The quantitative estimate of drug-likeness (QED) is 0.669. The van der Waals surface area contributed by atoms with Crippen LogP contribution in [-0.4, -0.2) is 16.5 Å². The highest BCUT2D eigenvalue weighted by Gasteiger charge is 1.97. The molecule has 0 fully saturated rings. The first-order valence-electron chi connectivity index (χ1n) is 3.42. The number of rotatable bonds is 3. The molecule has 4 heteroatoms. The van der Waals surface area contributed by atoms with Crippen molar-refractivity contribution in [2.24, 2.45) is 0 Å². The predicted molar refractivity (Wildman–Crippen MR) is 43.0 cm³/mol. The van der Waals surface area contributed by atoms with E-state index >= 15 is 0 Å². The summed E-state index contributed by atoms with van der Waals surface area (Å²) in [5.74, 6) is 0. The van der Waals surface area contributed by atoms with Gasteiger partial charge in [-0.3, -0.25) is 5.10 Å². The summed E-state index contributed by atoms with van der Waals surface area (Å²) in [7, 11) is 0. The van der Waals surface area contributed by atoms with Gasteiger partial charge < -0.3 is 4.79 Å². The van der Waals surface area contributed by atoms with Crippen molar-refractivity contribution in [3.8, 4) is 6.07 Å². The molecule has 1 heterocycles. The lowest BCUT2D eigenvalue weighted by atomic mass is 10.2. The molecule has 0 amide bonds. The first-order valence-corrected chi connectivity index (χ1v) is 3.42. The Labute approximate surface area is 69.5 Å². The van der Waals surface area contributed by atoms with Gasteiger partial charge in [0, 0.05) is 12.0 Å². The lowest BCUT2D eigenvalue weighted by Crippen LogP contribution is -1.76. The second kappa shape index (κ2) is 4.09. The summed E-state index contributed by atoms with van der Waals surface area (Å²) < 4.78 is 0. The third-order valence-corrected chi connectivity index (χ3v) is 1.31. The second-order valence-corrected chi connectivity index (χ2v) is 2.12. The Kier molecular flexibility index (Phi) is 2.79. The first-order chi connectivity index (χ1) is 5.88. The molecule has 0 saturated heterocycles. The van der Waals surface area contributed by atoms with Crippen LogP contribution in [0.2, 0.25) is 0 Å². The zero-order valence-electron chi connectivity index (χ0n) is 6.32. The SMILES string of the molecule is N#Cc1[nH]ncc1C=CCC=O. The highest BCUT2D eigenvalue weighted by Crippen LogP contribution is 2.04. The van der Waals surface area contributed by atoms with Gasteiger partial charge in [0.25, 0.3) is 0 Å². The molecule has 1 rings (SSSR count). The molecule has 0 radical (unpaired) electrons. The molecule has 0 bridgehead atoms. The smallest absolute Gasteiger partial charge is 0.142 e. The molecule has 0 aliphatic carbocycles. The van der Waals surface area contributed by atoms with E-state index in [0.29, 0.717) is 17.7 Å². The molecule has 0 saturated carbocycles. The number of carbonyl (C=O) groups excluding carboxylic acids is 1. The molecule has 12 heavy (non-hydrogen) atoms. The van der Waals surface area contributed by atoms with E-state index in [-0.39, 0.29) is 0 Å². The zero-order valence-corrected chi connectivity index (χ0v) is 6.32. The van der Waals surface area contributed by atoms with Crippen molar-refractivity contribution in [3.05, 3.63) is 23.5 Å². The fourth-order valence-corrected chi connectivity index (χ4v) is 0.762. The minimum atomic E-state index is 0.357. The standard InChI is InChI=1S/C8H7N3O/c9-5-8-7(6-10-11-8)3-1-2-4-12/h1,3-4,6H,2H2,(H,10,11). The van der Waals surface area contributed by atoms with Gasteiger partial charge >= 0.3 is 0 Å². The van der Waals surface area contributed by atoms with Crippen LogP contribution in [0, 0.1) is 11.3 Å². The van der Waals surface area contributed by atoms with Crippen molar-refractivity contribution in [2.45, 2.75) is 6.42 Å². The van der Waals surface area contributed by atoms with E-state index in [0.717, 1.165) is 6.29 Å². The lowest BCUT2D eigenvalue weighted by molar-refractivity contribution is -0.107. The topological polar surface area (TPSA) is 69.5 Å². The van der Waals surface area contributed by atoms with Gasteiger partial charge in [-0.2, -0.15) is 10.4 Å². The number of hydrogen-bond acceptors (Lipinski definition) is 3. The van der Waals surface area contributed by atoms with Crippen LogP contribution in [0.5, 0.6) is 0 Å². The summed E-state index contributed by atoms with van der Waals surface area (Å²) in [6.07, 6.45) is 6.06. The molecule has 0 unspecified atom stereocenters. The molecule has 1 N–H and O–H groups in total. The third-order valence-electron chi connectivity index (χ3n) is 1.31. The number of nitriles is 1. The Bertz CT molecular complexity index is 332. The lowest BCUT2D eigenvalue weighted by Gasteiger charge is -1.82. The van der Waals surface area contributed by atoms with Crippen LogP contribution < -0.4 is 0 Å². The number of aromatic nitrogens is 2.